The summed E-state index contributed by atoms with van der Waals surface area (Å²) in [5.74, 6) is 3.78. The Bertz CT molecular complexity index is 1420. The van der Waals surface area contributed by atoms with Gasteiger partial charge in [0.2, 0.25) is 11.7 Å². The van der Waals surface area contributed by atoms with Crippen LogP contribution in [0.3, 0.4) is 0 Å². The van der Waals surface area contributed by atoms with Crippen molar-refractivity contribution >= 4 is 11.8 Å². The molecule has 8 nitrogen and oxygen atoms in total. The lowest BCUT2D eigenvalue weighted by Crippen LogP contribution is -2.04. The van der Waals surface area contributed by atoms with Crippen LogP contribution >= 0.6 is 11.8 Å². The number of para-hydroxylation sites is 1. The van der Waals surface area contributed by atoms with E-state index in [1.807, 2.05) is 73.7 Å². The van der Waals surface area contributed by atoms with Gasteiger partial charge in [0.05, 0.1) is 25.0 Å². The Morgan fingerprint density at radius 3 is 2.47 bits per heavy atom. The normalized spacial score (nSPS) is 10.9. The maximum Gasteiger partial charge on any atom is 0.237 e. The summed E-state index contributed by atoms with van der Waals surface area (Å²) in [7, 11) is 1.62. The molecular weight excluding hydrogens is 474 g/mol. The molecule has 0 unspecified atom stereocenters. The van der Waals surface area contributed by atoms with E-state index in [0.29, 0.717) is 36.2 Å². The average Bonchev–Trinajstić information content (AvgIpc) is 3.56. The zero-order valence-electron chi connectivity index (χ0n) is 20.0. The van der Waals surface area contributed by atoms with Gasteiger partial charge in [-0.25, -0.2) is 0 Å². The summed E-state index contributed by atoms with van der Waals surface area (Å²) in [5.41, 5.74) is 2.90. The van der Waals surface area contributed by atoms with Crippen LogP contribution in [0.5, 0.6) is 11.5 Å². The second-order valence-electron chi connectivity index (χ2n) is 7.82. The summed E-state index contributed by atoms with van der Waals surface area (Å²) in [4.78, 5) is 4.56. The molecular formula is C27H25N5O3S. The van der Waals surface area contributed by atoms with Crippen molar-refractivity contribution in [2.45, 2.75) is 24.3 Å². The molecule has 0 saturated heterocycles. The fourth-order valence-electron chi connectivity index (χ4n) is 3.78. The number of hydrogen-bond donors (Lipinski definition) is 0. The molecule has 0 atom stereocenters. The summed E-state index contributed by atoms with van der Waals surface area (Å²) in [5, 5.41) is 13.9. The van der Waals surface area contributed by atoms with Crippen LogP contribution in [0, 0.1) is 0 Å². The largest absolute Gasteiger partial charge is 0.496 e. The molecule has 3 aromatic carbocycles. The number of benzene rings is 3. The molecule has 0 spiro atoms. The quantitative estimate of drug-likeness (QED) is 0.229. The monoisotopic (exact) mass is 499 g/mol. The smallest absolute Gasteiger partial charge is 0.237 e. The van der Waals surface area contributed by atoms with Gasteiger partial charge in [0.15, 0.2) is 5.16 Å². The molecule has 0 aliphatic rings. The van der Waals surface area contributed by atoms with Crippen molar-refractivity contribution in [1.82, 2.24) is 24.9 Å². The SMILES string of the molecule is CCOc1ccc(-n2c(Cc3ccccc3)nnc2SCc2nc(-c3ccccc3OC)no2)cc1. The Hall–Kier alpha value is -4.11. The first-order valence-electron chi connectivity index (χ1n) is 11.6. The molecule has 0 radical (unpaired) electrons. The van der Waals surface area contributed by atoms with Crippen molar-refractivity contribution in [3.8, 4) is 28.6 Å². The molecule has 0 bridgehead atoms. The minimum absolute atomic E-state index is 0.447. The highest BCUT2D eigenvalue weighted by Gasteiger charge is 2.18. The van der Waals surface area contributed by atoms with E-state index < -0.39 is 0 Å². The Kier molecular flexibility index (Phi) is 7.28. The first-order valence-corrected chi connectivity index (χ1v) is 12.5. The summed E-state index contributed by atoms with van der Waals surface area (Å²) in [6.45, 7) is 2.59. The summed E-state index contributed by atoms with van der Waals surface area (Å²) in [6.07, 6.45) is 0.653. The van der Waals surface area contributed by atoms with E-state index >= 15 is 0 Å². The second-order valence-corrected chi connectivity index (χ2v) is 8.77. The third kappa shape index (κ3) is 5.26. The number of methoxy groups -OCH3 is 1. The number of aromatic nitrogens is 5. The molecule has 5 aromatic rings. The minimum atomic E-state index is 0.447. The first-order chi connectivity index (χ1) is 17.7. The van der Waals surface area contributed by atoms with Crippen molar-refractivity contribution in [3.63, 3.8) is 0 Å². The highest BCUT2D eigenvalue weighted by Crippen LogP contribution is 2.30. The molecule has 36 heavy (non-hydrogen) atoms. The highest BCUT2D eigenvalue weighted by molar-refractivity contribution is 7.98. The maximum atomic E-state index is 5.61. The van der Waals surface area contributed by atoms with E-state index in [9.17, 15) is 0 Å². The van der Waals surface area contributed by atoms with Crippen LogP contribution in [-0.4, -0.2) is 38.6 Å². The van der Waals surface area contributed by atoms with Gasteiger partial charge in [-0.1, -0.05) is 59.4 Å². The van der Waals surface area contributed by atoms with Crippen molar-refractivity contribution in [2.24, 2.45) is 0 Å². The van der Waals surface area contributed by atoms with Crippen molar-refractivity contribution in [2.75, 3.05) is 13.7 Å². The summed E-state index contributed by atoms with van der Waals surface area (Å²) < 4.78 is 18.6. The van der Waals surface area contributed by atoms with Crippen LogP contribution in [-0.2, 0) is 12.2 Å². The molecule has 2 aromatic heterocycles. The first kappa shape index (κ1) is 23.6. The highest BCUT2D eigenvalue weighted by atomic mass is 32.2. The number of nitrogens with zero attached hydrogens (tertiary/aromatic N) is 5. The molecule has 0 fully saturated rings. The molecule has 0 saturated carbocycles. The molecule has 0 amide bonds. The number of rotatable bonds is 10. The van der Waals surface area contributed by atoms with Crippen LogP contribution in [0.2, 0.25) is 0 Å². The van der Waals surface area contributed by atoms with Gasteiger partial charge >= 0.3 is 0 Å². The Morgan fingerprint density at radius 2 is 1.69 bits per heavy atom. The predicted molar refractivity (Wildman–Crippen MR) is 138 cm³/mol. The predicted octanol–water partition coefficient (Wildman–Crippen LogP) is 5.61. The molecule has 0 N–H and O–H groups in total. The maximum absolute atomic E-state index is 5.61. The van der Waals surface area contributed by atoms with Gasteiger partial charge in [-0.2, -0.15) is 4.98 Å². The van der Waals surface area contributed by atoms with Crippen LogP contribution < -0.4 is 9.47 Å². The topological polar surface area (TPSA) is 88.1 Å². The third-order valence-corrected chi connectivity index (χ3v) is 6.37. The van der Waals surface area contributed by atoms with Gasteiger partial charge in [-0.3, -0.25) is 4.57 Å². The van der Waals surface area contributed by atoms with E-state index in [2.05, 4.69) is 37.0 Å². The van der Waals surface area contributed by atoms with E-state index in [4.69, 9.17) is 14.0 Å². The zero-order chi connectivity index (χ0) is 24.7. The molecule has 9 heteroatoms. The van der Waals surface area contributed by atoms with Gasteiger partial charge in [0.1, 0.15) is 17.3 Å². The van der Waals surface area contributed by atoms with Crippen molar-refractivity contribution in [1.29, 1.82) is 0 Å². The fraction of sp³-hybridized carbons (Fsp3) is 0.185. The lowest BCUT2D eigenvalue weighted by Gasteiger charge is -2.11. The van der Waals surface area contributed by atoms with Crippen molar-refractivity contribution < 1.29 is 14.0 Å². The minimum Gasteiger partial charge on any atom is -0.496 e. The van der Waals surface area contributed by atoms with Crippen molar-refractivity contribution in [3.05, 3.63) is 96.1 Å². The van der Waals surface area contributed by atoms with E-state index in [1.54, 1.807) is 7.11 Å². The summed E-state index contributed by atoms with van der Waals surface area (Å²) >= 11 is 1.49. The number of hydrogen-bond acceptors (Lipinski definition) is 8. The third-order valence-electron chi connectivity index (χ3n) is 5.45. The Balaban J connectivity index is 1.40. The lowest BCUT2D eigenvalue weighted by atomic mass is 10.1. The van der Waals surface area contributed by atoms with Gasteiger partial charge < -0.3 is 14.0 Å². The standard InChI is InChI=1S/C27H25N5O3S/c1-3-34-21-15-13-20(14-16-21)32-24(17-19-9-5-4-6-10-19)29-30-27(32)36-18-25-28-26(31-35-25)22-11-7-8-12-23(22)33-2/h4-16H,3,17-18H2,1-2H3. The van der Waals surface area contributed by atoms with E-state index in [-0.39, 0.29) is 0 Å². The van der Waals surface area contributed by atoms with Gasteiger partial charge in [0, 0.05) is 12.1 Å². The van der Waals surface area contributed by atoms with Crippen LogP contribution in [0.25, 0.3) is 17.1 Å². The zero-order valence-corrected chi connectivity index (χ0v) is 20.8. The Labute approximate surface area is 213 Å². The molecule has 0 aliphatic carbocycles. The molecule has 0 aliphatic heterocycles. The van der Waals surface area contributed by atoms with Crippen LogP contribution in [0.1, 0.15) is 24.2 Å². The van der Waals surface area contributed by atoms with Gasteiger partial charge in [-0.15, -0.1) is 10.2 Å². The van der Waals surface area contributed by atoms with Crippen LogP contribution in [0.4, 0.5) is 0 Å². The lowest BCUT2D eigenvalue weighted by molar-refractivity contribution is 0.340. The van der Waals surface area contributed by atoms with E-state index in [1.165, 1.54) is 11.8 Å². The number of thioether (sulfide) groups is 1. The molecule has 182 valence electrons. The molecule has 5 rings (SSSR count). The van der Waals surface area contributed by atoms with Crippen LogP contribution in [0.15, 0.2) is 88.5 Å². The summed E-state index contributed by atoms with van der Waals surface area (Å²) in [6, 6.07) is 25.8. The van der Waals surface area contributed by atoms with Gasteiger partial charge in [0.25, 0.3) is 0 Å². The fourth-order valence-corrected chi connectivity index (χ4v) is 4.59. The van der Waals surface area contributed by atoms with Gasteiger partial charge in [-0.05, 0) is 48.9 Å². The van der Waals surface area contributed by atoms with E-state index in [0.717, 1.165) is 33.5 Å². The average molecular weight is 500 g/mol. The molecule has 2 heterocycles. The second kappa shape index (κ2) is 11.1. The Morgan fingerprint density at radius 1 is 0.917 bits per heavy atom. The number of ether oxygens (including phenoxy) is 2.